The number of aliphatic hydroxyl groups is 10. The summed E-state index contributed by atoms with van der Waals surface area (Å²) < 4.78 is 32.8. The van der Waals surface area contributed by atoms with Gasteiger partial charge in [-0.1, -0.05) is 13.3 Å². The average Bonchev–Trinajstić information content (AvgIpc) is 2.91. The van der Waals surface area contributed by atoms with Crippen LogP contribution in [0.1, 0.15) is 19.8 Å². The topological polar surface area (TPSA) is 258 Å². The van der Waals surface area contributed by atoms with Crippen LogP contribution in [0.4, 0.5) is 0 Å². The lowest BCUT2D eigenvalue weighted by Crippen LogP contribution is -2.66. The van der Waals surface area contributed by atoms with E-state index in [0.717, 1.165) is 6.42 Å². The van der Waals surface area contributed by atoms with Gasteiger partial charge in [-0.15, -0.1) is 0 Å². The monoisotopic (exact) mass is 560 g/mol. The van der Waals surface area contributed by atoms with E-state index < -0.39 is 112 Å². The summed E-state index contributed by atoms with van der Waals surface area (Å²) in [6, 6.07) is 0. The molecule has 0 aromatic heterocycles. The molecule has 16 heteroatoms. The fourth-order valence-electron chi connectivity index (χ4n) is 4.52. The lowest BCUT2D eigenvalue weighted by molar-refractivity contribution is -0.379. The van der Waals surface area contributed by atoms with E-state index in [0.29, 0.717) is 6.42 Å². The zero-order valence-electron chi connectivity index (χ0n) is 20.8. The Morgan fingerprint density at radius 3 is 1.42 bits per heavy atom. The minimum Gasteiger partial charge on any atom is -0.394 e. The molecule has 3 saturated heterocycles. The van der Waals surface area contributed by atoms with Crippen molar-refractivity contribution in [3.05, 3.63) is 0 Å². The minimum absolute atomic E-state index is 0.235. The second-order valence-electron chi connectivity index (χ2n) is 9.54. The van der Waals surface area contributed by atoms with E-state index >= 15 is 0 Å². The Kier molecular flexibility index (Phi) is 12.0. The Balaban J connectivity index is 1.68. The van der Waals surface area contributed by atoms with Crippen molar-refractivity contribution in [2.75, 3.05) is 26.4 Å². The van der Waals surface area contributed by atoms with Crippen LogP contribution in [0, 0.1) is 0 Å². The molecule has 0 aromatic carbocycles. The Morgan fingerprint density at radius 2 is 0.947 bits per heavy atom. The summed E-state index contributed by atoms with van der Waals surface area (Å²) in [5.41, 5.74) is 0. The number of aliphatic hydroxyl groups excluding tert-OH is 10. The van der Waals surface area contributed by atoms with Crippen molar-refractivity contribution in [2.24, 2.45) is 0 Å². The van der Waals surface area contributed by atoms with Crippen molar-refractivity contribution < 1.29 is 79.5 Å². The van der Waals surface area contributed by atoms with Crippen LogP contribution >= 0.6 is 0 Å². The van der Waals surface area contributed by atoms with Crippen LogP contribution in [0.25, 0.3) is 0 Å². The Bertz CT molecular complexity index is 696. The Morgan fingerprint density at radius 1 is 0.526 bits per heavy atom. The summed E-state index contributed by atoms with van der Waals surface area (Å²) in [4.78, 5) is 0. The van der Waals surface area contributed by atoms with Crippen molar-refractivity contribution in [1.82, 2.24) is 0 Å². The molecule has 0 amide bonds. The first kappa shape index (κ1) is 31.9. The Labute approximate surface area is 218 Å². The van der Waals surface area contributed by atoms with E-state index in [-0.39, 0.29) is 6.61 Å². The maximum absolute atomic E-state index is 10.7. The number of hydrogen-bond acceptors (Lipinski definition) is 16. The molecular weight excluding hydrogens is 520 g/mol. The van der Waals surface area contributed by atoms with Gasteiger partial charge < -0.3 is 79.5 Å². The zero-order valence-corrected chi connectivity index (χ0v) is 20.8. The predicted octanol–water partition coefficient (Wildman–Crippen LogP) is -5.75. The molecule has 3 aliphatic rings. The first-order valence-corrected chi connectivity index (χ1v) is 12.6. The van der Waals surface area contributed by atoms with Gasteiger partial charge in [0.15, 0.2) is 18.9 Å². The highest BCUT2D eigenvalue weighted by Crippen LogP contribution is 2.32. The van der Waals surface area contributed by atoms with Crippen molar-refractivity contribution in [2.45, 2.75) is 112 Å². The molecule has 0 aliphatic carbocycles. The van der Waals surface area contributed by atoms with Crippen LogP contribution in [0.15, 0.2) is 0 Å². The average molecular weight is 561 g/mol. The van der Waals surface area contributed by atoms with Crippen LogP contribution < -0.4 is 0 Å². The van der Waals surface area contributed by atoms with Crippen molar-refractivity contribution in [1.29, 1.82) is 0 Å². The van der Waals surface area contributed by atoms with Gasteiger partial charge in [-0.2, -0.15) is 0 Å². The quantitative estimate of drug-likeness (QED) is 0.106. The zero-order chi connectivity index (χ0) is 28.1. The summed E-state index contributed by atoms with van der Waals surface area (Å²) in [6.07, 6.45) is -22.3. The summed E-state index contributed by atoms with van der Waals surface area (Å²) >= 11 is 0. The summed E-state index contributed by atoms with van der Waals surface area (Å²) in [6.45, 7) is -0.0295. The van der Waals surface area contributed by atoms with E-state index in [1.807, 2.05) is 6.92 Å². The van der Waals surface area contributed by atoms with E-state index in [1.165, 1.54) is 0 Å². The number of ether oxygens (including phenoxy) is 6. The van der Waals surface area contributed by atoms with Gasteiger partial charge in [-0.3, -0.25) is 0 Å². The maximum atomic E-state index is 10.7. The van der Waals surface area contributed by atoms with Crippen molar-refractivity contribution in [3.8, 4) is 0 Å². The first-order chi connectivity index (χ1) is 18.1. The molecule has 3 rings (SSSR count). The summed E-state index contributed by atoms with van der Waals surface area (Å²) in [5, 5.41) is 102. The molecule has 15 atom stereocenters. The lowest BCUT2D eigenvalue weighted by Gasteiger charge is -2.48. The third kappa shape index (κ3) is 6.80. The largest absolute Gasteiger partial charge is 0.394 e. The smallest absolute Gasteiger partial charge is 0.187 e. The Hall–Kier alpha value is -0.640. The molecule has 3 aliphatic heterocycles. The van der Waals surface area contributed by atoms with Crippen LogP contribution in [0.3, 0.4) is 0 Å². The summed E-state index contributed by atoms with van der Waals surface area (Å²) in [7, 11) is 0. The molecule has 224 valence electrons. The molecule has 0 spiro atoms. The van der Waals surface area contributed by atoms with Gasteiger partial charge in [0.05, 0.1) is 19.8 Å². The van der Waals surface area contributed by atoms with Gasteiger partial charge >= 0.3 is 0 Å². The maximum Gasteiger partial charge on any atom is 0.187 e. The number of rotatable bonds is 11. The molecule has 3 fully saturated rings. The molecule has 0 aromatic rings. The van der Waals surface area contributed by atoms with Crippen molar-refractivity contribution >= 4 is 0 Å². The van der Waals surface area contributed by atoms with E-state index in [1.54, 1.807) is 0 Å². The SMILES string of the molecule is CCCCO[C@@H]1O[C@H](CO)[C@@H](O[C@@H]2O[C@H](CO)[C@H](O[C@H]3O[C@H](CO)[C@H](O)[C@H](O)[C@H]3O)[C@H](O)[C@H]2O)[C@H](O)[C@H]1O. The van der Waals surface area contributed by atoms with Crippen LogP contribution in [-0.2, 0) is 28.4 Å². The van der Waals surface area contributed by atoms with Gasteiger partial charge in [-0.25, -0.2) is 0 Å². The van der Waals surface area contributed by atoms with Gasteiger partial charge in [0.25, 0.3) is 0 Å². The van der Waals surface area contributed by atoms with E-state index in [9.17, 15) is 51.1 Å². The number of hydrogen-bond donors (Lipinski definition) is 10. The third-order valence-corrected chi connectivity index (χ3v) is 6.85. The molecular formula is C22H40O16. The minimum atomic E-state index is -1.88. The molecule has 10 N–H and O–H groups in total. The highest BCUT2D eigenvalue weighted by atomic mass is 16.8. The second-order valence-corrected chi connectivity index (χ2v) is 9.54. The van der Waals surface area contributed by atoms with E-state index in [4.69, 9.17) is 28.4 Å². The van der Waals surface area contributed by atoms with Gasteiger partial charge in [0.2, 0.25) is 0 Å². The van der Waals surface area contributed by atoms with Crippen LogP contribution in [-0.4, -0.2) is 170 Å². The molecule has 0 saturated carbocycles. The molecule has 38 heavy (non-hydrogen) atoms. The van der Waals surface area contributed by atoms with Crippen LogP contribution in [0.2, 0.25) is 0 Å². The molecule has 0 unspecified atom stereocenters. The second kappa shape index (κ2) is 14.3. The highest BCUT2D eigenvalue weighted by molar-refractivity contribution is 4.96. The van der Waals surface area contributed by atoms with Gasteiger partial charge in [0.1, 0.15) is 73.2 Å². The van der Waals surface area contributed by atoms with Crippen molar-refractivity contribution in [3.63, 3.8) is 0 Å². The molecule has 3 heterocycles. The fraction of sp³-hybridized carbons (Fsp3) is 1.00. The molecule has 16 nitrogen and oxygen atoms in total. The van der Waals surface area contributed by atoms with E-state index in [2.05, 4.69) is 0 Å². The third-order valence-electron chi connectivity index (χ3n) is 6.85. The fourth-order valence-corrected chi connectivity index (χ4v) is 4.52. The number of unbranched alkanes of at least 4 members (excludes halogenated alkanes) is 1. The molecule has 0 radical (unpaired) electrons. The van der Waals surface area contributed by atoms with Gasteiger partial charge in [-0.05, 0) is 6.42 Å². The first-order valence-electron chi connectivity index (χ1n) is 12.6. The lowest BCUT2D eigenvalue weighted by atomic mass is 9.96. The predicted molar refractivity (Wildman–Crippen MR) is 120 cm³/mol. The van der Waals surface area contributed by atoms with Crippen LogP contribution in [0.5, 0.6) is 0 Å². The standard InChI is InChI=1S/C22H40O16/c1-2-3-4-33-20-16(31)13(28)18(9(6-24)35-20)38-22-17(32)14(29)19(10(7-25)36-22)37-21-15(30)12(27)11(26)8(5-23)34-21/h8-32H,2-7H2,1H3/t8-,9-,10-,11+,12+,13-,14-,15-,16-,17-,18-,19+,20-,21-,22+/m1/s1. The highest BCUT2D eigenvalue weighted by Gasteiger charge is 2.53. The van der Waals surface area contributed by atoms with Gasteiger partial charge in [0, 0.05) is 6.61 Å². The summed E-state index contributed by atoms with van der Waals surface area (Å²) in [5.74, 6) is 0. The normalized spacial score (nSPS) is 48.2. The molecule has 0 bridgehead atoms.